The van der Waals surface area contributed by atoms with Gasteiger partial charge in [-0.15, -0.1) is 11.3 Å². The molecule has 0 aliphatic heterocycles. The first-order valence-corrected chi connectivity index (χ1v) is 9.14. The van der Waals surface area contributed by atoms with Crippen molar-refractivity contribution in [2.24, 2.45) is 0 Å². The first kappa shape index (κ1) is 13.8. The number of nitrogen functional groups attached to an aromatic ring is 1. The second kappa shape index (κ2) is 5.01. The molecule has 0 unspecified atom stereocenters. The normalized spacial score (nSPS) is 15.2. The van der Waals surface area contributed by atoms with Crippen LogP contribution in [0, 0.1) is 0 Å². The summed E-state index contributed by atoms with van der Waals surface area (Å²) in [7, 11) is -3.66. The molecule has 0 amide bonds. The minimum Gasteiger partial charge on any atom is -0.399 e. The van der Waals surface area contributed by atoms with Gasteiger partial charge in [-0.1, -0.05) is 0 Å². The van der Waals surface area contributed by atoms with Crippen molar-refractivity contribution in [3.63, 3.8) is 0 Å². The second-order valence-corrected chi connectivity index (χ2v) is 8.01. The summed E-state index contributed by atoms with van der Waals surface area (Å²) in [5.41, 5.74) is 7.09. The summed E-state index contributed by atoms with van der Waals surface area (Å²) in [4.78, 5) is 4.47. The summed E-state index contributed by atoms with van der Waals surface area (Å²) in [6, 6.07) is 4.58. The maximum atomic E-state index is 12.3. The van der Waals surface area contributed by atoms with E-state index in [1.807, 2.05) is 5.38 Å². The third kappa shape index (κ3) is 2.82. The molecule has 0 spiro atoms. The Balaban J connectivity index is 1.87. The highest BCUT2D eigenvalue weighted by Gasteiger charge is 2.27. The van der Waals surface area contributed by atoms with Gasteiger partial charge < -0.3 is 5.73 Å². The lowest BCUT2D eigenvalue weighted by atomic mass is 10.3. The van der Waals surface area contributed by atoms with Crippen molar-refractivity contribution in [3.05, 3.63) is 33.7 Å². The summed E-state index contributed by atoms with van der Waals surface area (Å²) in [6.07, 6.45) is 2.28. The van der Waals surface area contributed by atoms with Crippen LogP contribution in [0.2, 0.25) is 0 Å². The van der Waals surface area contributed by atoms with E-state index in [4.69, 9.17) is 5.73 Å². The Morgan fingerprint density at radius 1 is 1.40 bits per heavy atom. The number of hydrogen-bond acceptors (Lipinski definition) is 5. The van der Waals surface area contributed by atoms with Crippen molar-refractivity contribution in [1.82, 2.24) is 4.98 Å². The maximum Gasteiger partial charge on any atom is 0.264 e. The molecule has 20 heavy (non-hydrogen) atoms. The first-order valence-electron chi connectivity index (χ1n) is 5.99. The zero-order valence-electron chi connectivity index (χ0n) is 10.3. The van der Waals surface area contributed by atoms with Gasteiger partial charge in [-0.25, -0.2) is 13.4 Å². The molecule has 106 valence electrons. The van der Waals surface area contributed by atoms with Crippen LogP contribution in [-0.4, -0.2) is 13.4 Å². The third-order valence-corrected chi connectivity index (χ3v) is 6.21. The molecule has 3 rings (SSSR count). The minimum atomic E-state index is -3.66. The molecule has 1 aliphatic rings. The molecule has 1 heterocycles. The van der Waals surface area contributed by atoms with E-state index in [1.54, 1.807) is 12.1 Å². The smallest absolute Gasteiger partial charge is 0.264 e. The number of thiazole rings is 1. The zero-order valence-corrected chi connectivity index (χ0v) is 13.6. The standard InChI is InChI=1S/C12H12BrN3O2S2/c13-9-5-8(14)3-4-11(9)20(17,18)16-12-15-10(6-19-12)7-1-2-7/h3-7H,1-2,14H2,(H,15,16). The molecule has 5 nitrogen and oxygen atoms in total. The molecular formula is C12H12BrN3O2S2. The van der Waals surface area contributed by atoms with Gasteiger partial charge in [-0.05, 0) is 47.0 Å². The van der Waals surface area contributed by atoms with Crippen LogP contribution in [0.15, 0.2) is 32.9 Å². The number of nitrogens with zero attached hydrogens (tertiary/aromatic N) is 1. The fourth-order valence-corrected chi connectivity index (χ4v) is 4.95. The topological polar surface area (TPSA) is 85.1 Å². The van der Waals surface area contributed by atoms with E-state index < -0.39 is 10.0 Å². The SMILES string of the molecule is Nc1ccc(S(=O)(=O)Nc2nc(C3CC3)cs2)c(Br)c1. The summed E-state index contributed by atoms with van der Waals surface area (Å²) in [5.74, 6) is 0.507. The average molecular weight is 374 g/mol. The number of halogens is 1. The fourth-order valence-electron chi connectivity index (χ4n) is 1.80. The number of aromatic nitrogens is 1. The number of hydrogen-bond donors (Lipinski definition) is 2. The number of sulfonamides is 1. The van der Waals surface area contributed by atoms with Crippen LogP contribution in [0.4, 0.5) is 10.8 Å². The van der Waals surface area contributed by atoms with Crippen molar-refractivity contribution in [2.45, 2.75) is 23.7 Å². The van der Waals surface area contributed by atoms with Gasteiger partial charge in [0.2, 0.25) is 0 Å². The van der Waals surface area contributed by atoms with Crippen LogP contribution in [0.25, 0.3) is 0 Å². The van der Waals surface area contributed by atoms with Gasteiger partial charge in [-0.2, -0.15) is 0 Å². The molecular weight excluding hydrogens is 362 g/mol. The highest BCUT2D eigenvalue weighted by atomic mass is 79.9. The molecule has 1 aromatic heterocycles. The van der Waals surface area contributed by atoms with E-state index in [-0.39, 0.29) is 4.90 Å². The van der Waals surface area contributed by atoms with Crippen molar-refractivity contribution in [1.29, 1.82) is 0 Å². The second-order valence-electron chi connectivity index (χ2n) is 4.65. The van der Waals surface area contributed by atoms with E-state index >= 15 is 0 Å². The van der Waals surface area contributed by atoms with Crippen LogP contribution in [0.3, 0.4) is 0 Å². The number of benzene rings is 1. The Hall–Kier alpha value is -1.12. The van der Waals surface area contributed by atoms with Crippen LogP contribution >= 0.6 is 27.3 Å². The lowest BCUT2D eigenvalue weighted by molar-refractivity contribution is 0.600. The Morgan fingerprint density at radius 2 is 2.15 bits per heavy atom. The zero-order chi connectivity index (χ0) is 14.3. The molecule has 0 atom stereocenters. The van der Waals surface area contributed by atoms with Crippen molar-refractivity contribution in [3.8, 4) is 0 Å². The Kier molecular flexibility index (Phi) is 3.47. The van der Waals surface area contributed by atoms with Crippen LogP contribution in [0.5, 0.6) is 0 Å². The maximum absolute atomic E-state index is 12.3. The predicted molar refractivity (Wildman–Crippen MR) is 83.5 cm³/mol. The van der Waals surface area contributed by atoms with Crippen LogP contribution < -0.4 is 10.5 Å². The van der Waals surface area contributed by atoms with Gasteiger partial charge >= 0.3 is 0 Å². The Morgan fingerprint density at radius 3 is 2.80 bits per heavy atom. The highest BCUT2D eigenvalue weighted by molar-refractivity contribution is 9.10. The summed E-state index contributed by atoms with van der Waals surface area (Å²) < 4.78 is 27.6. The van der Waals surface area contributed by atoms with Crippen molar-refractivity contribution >= 4 is 48.1 Å². The van der Waals surface area contributed by atoms with Gasteiger partial charge in [0.25, 0.3) is 10.0 Å². The van der Waals surface area contributed by atoms with Gasteiger partial charge in [0.05, 0.1) is 5.69 Å². The minimum absolute atomic E-state index is 0.148. The van der Waals surface area contributed by atoms with Crippen LogP contribution in [-0.2, 0) is 10.0 Å². The Bertz CT molecular complexity index is 754. The lowest BCUT2D eigenvalue weighted by Gasteiger charge is -2.07. The summed E-state index contributed by atoms with van der Waals surface area (Å²) in [6.45, 7) is 0. The number of anilines is 2. The van der Waals surface area contributed by atoms with Gasteiger partial charge in [-0.3, -0.25) is 4.72 Å². The Labute approximate surface area is 129 Å². The molecule has 1 saturated carbocycles. The molecule has 2 aromatic rings. The lowest BCUT2D eigenvalue weighted by Crippen LogP contribution is -2.13. The molecule has 1 aliphatic carbocycles. The third-order valence-electron chi connectivity index (χ3n) is 2.98. The predicted octanol–water partition coefficient (Wildman–Crippen LogP) is 3.17. The van der Waals surface area contributed by atoms with E-state index in [1.165, 1.54) is 17.4 Å². The summed E-state index contributed by atoms with van der Waals surface area (Å²) >= 11 is 4.53. The highest BCUT2D eigenvalue weighted by Crippen LogP contribution is 2.41. The van der Waals surface area contributed by atoms with Gasteiger partial charge in [0.15, 0.2) is 5.13 Å². The van der Waals surface area contributed by atoms with Gasteiger partial charge in [0.1, 0.15) is 4.90 Å². The molecule has 0 radical (unpaired) electrons. The molecule has 0 bridgehead atoms. The number of nitrogens with two attached hydrogens (primary N) is 1. The van der Waals surface area contributed by atoms with Crippen LogP contribution in [0.1, 0.15) is 24.5 Å². The molecule has 8 heteroatoms. The van der Waals surface area contributed by atoms with Crippen molar-refractivity contribution in [2.75, 3.05) is 10.5 Å². The summed E-state index contributed by atoms with van der Waals surface area (Å²) in [5, 5.41) is 2.31. The molecule has 1 fully saturated rings. The first-order chi connectivity index (χ1) is 9.45. The van der Waals surface area contributed by atoms with E-state index in [0.29, 0.717) is 21.2 Å². The molecule has 3 N–H and O–H groups in total. The van der Waals surface area contributed by atoms with Crippen molar-refractivity contribution < 1.29 is 8.42 Å². The van der Waals surface area contributed by atoms with Gasteiger partial charge in [0, 0.05) is 21.5 Å². The largest absolute Gasteiger partial charge is 0.399 e. The van der Waals surface area contributed by atoms with E-state index in [9.17, 15) is 8.42 Å². The number of nitrogens with one attached hydrogen (secondary N) is 1. The van der Waals surface area contributed by atoms with E-state index in [2.05, 4.69) is 25.6 Å². The quantitative estimate of drug-likeness (QED) is 0.805. The monoisotopic (exact) mass is 373 g/mol. The average Bonchev–Trinajstić information content (AvgIpc) is 3.10. The number of rotatable bonds is 4. The molecule has 1 aromatic carbocycles. The fraction of sp³-hybridized carbons (Fsp3) is 0.250. The van der Waals surface area contributed by atoms with E-state index in [0.717, 1.165) is 18.5 Å². The molecule has 0 saturated heterocycles.